The Balaban J connectivity index is 3.98. The van der Waals surface area contributed by atoms with Gasteiger partial charge in [0, 0.05) is 0 Å². The summed E-state index contributed by atoms with van der Waals surface area (Å²) >= 11 is 0. The van der Waals surface area contributed by atoms with Gasteiger partial charge in [-0.15, -0.1) is 0 Å². The average molecular weight is 286 g/mol. The van der Waals surface area contributed by atoms with Crippen LogP contribution in [-0.4, -0.2) is 50.6 Å². The fourth-order valence-electron chi connectivity index (χ4n) is 1.83. The van der Waals surface area contributed by atoms with E-state index in [1.165, 1.54) is 28.4 Å². The van der Waals surface area contributed by atoms with Gasteiger partial charge in [-0.1, -0.05) is 0 Å². The number of hydrogen-bond donors (Lipinski definition) is 2. The number of carboxylic acids is 2. The summed E-state index contributed by atoms with van der Waals surface area (Å²) in [4.78, 5) is 22.7. The lowest BCUT2D eigenvalue weighted by Crippen LogP contribution is -2.12. The van der Waals surface area contributed by atoms with E-state index in [1.54, 1.807) is 0 Å². The molecular weight excluding hydrogens is 272 g/mol. The van der Waals surface area contributed by atoms with Gasteiger partial charge in [-0.25, -0.2) is 9.59 Å². The van der Waals surface area contributed by atoms with Gasteiger partial charge >= 0.3 is 11.9 Å². The smallest absolute Gasteiger partial charge is 0.343 e. The van der Waals surface area contributed by atoms with Gasteiger partial charge in [0.1, 0.15) is 0 Å². The van der Waals surface area contributed by atoms with E-state index < -0.39 is 11.9 Å². The summed E-state index contributed by atoms with van der Waals surface area (Å²) in [7, 11) is 4.79. The highest BCUT2D eigenvalue weighted by atomic mass is 16.5. The minimum atomic E-state index is -1.37. The number of aromatic carboxylic acids is 2. The van der Waals surface area contributed by atoms with Gasteiger partial charge in [-0.05, 0) is 0 Å². The van der Waals surface area contributed by atoms with Crippen LogP contribution >= 0.6 is 0 Å². The van der Waals surface area contributed by atoms with E-state index in [9.17, 15) is 19.8 Å². The van der Waals surface area contributed by atoms with Crippen LogP contribution in [0.15, 0.2) is 0 Å². The summed E-state index contributed by atoms with van der Waals surface area (Å²) in [6.07, 6.45) is 0. The van der Waals surface area contributed by atoms with Crippen molar-refractivity contribution >= 4 is 11.9 Å². The van der Waals surface area contributed by atoms with Gasteiger partial charge < -0.3 is 29.2 Å². The van der Waals surface area contributed by atoms with Crippen molar-refractivity contribution in [3.63, 3.8) is 0 Å². The Labute approximate surface area is 114 Å². The van der Waals surface area contributed by atoms with Crippen molar-refractivity contribution in [3.05, 3.63) is 11.1 Å². The normalized spacial score (nSPS) is 9.80. The molecule has 20 heavy (non-hydrogen) atoms. The van der Waals surface area contributed by atoms with E-state index in [0.717, 1.165) is 0 Å². The molecule has 0 radical (unpaired) electrons. The second kappa shape index (κ2) is 6.00. The topological polar surface area (TPSA) is 112 Å². The summed E-state index contributed by atoms with van der Waals surface area (Å²) in [6.45, 7) is 0. The molecule has 1 aromatic carbocycles. The maximum Gasteiger partial charge on any atom is 0.343 e. The van der Waals surface area contributed by atoms with Crippen LogP contribution in [0.3, 0.4) is 0 Å². The summed E-state index contributed by atoms with van der Waals surface area (Å²) in [5, 5.41) is 18.5. The second-order valence-electron chi connectivity index (χ2n) is 3.49. The minimum absolute atomic E-state index is 0.255. The molecule has 0 aliphatic heterocycles. The Morgan fingerprint density at radius 2 is 0.850 bits per heavy atom. The highest BCUT2D eigenvalue weighted by molar-refractivity contribution is 6.04. The van der Waals surface area contributed by atoms with E-state index in [-0.39, 0.29) is 34.1 Å². The molecule has 0 amide bonds. The van der Waals surface area contributed by atoms with Crippen LogP contribution in [0.5, 0.6) is 23.0 Å². The van der Waals surface area contributed by atoms with Crippen molar-refractivity contribution in [2.45, 2.75) is 0 Å². The largest absolute Gasteiger partial charge is 0.492 e. The molecule has 0 aromatic heterocycles. The van der Waals surface area contributed by atoms with Crippen molar-refractivity contribution in [1.29, 1.82) is 0 Å². The van der Waals surface area contributed by atoms with Crippen LogP contribution in [0.1, 0.15) is 20.7 Å². The van der Waals surface area contributed by atoms with Gasteiger partial charge in [0.05, 0.1) is 28.4 Å². The Kier molecular flexibility index (Phi) is 4.63. The summed E-state index contributed by atoms with van der Waals surface area (Å²) < 4.78 is 19.8. The van der Waals surface area contributed by atoms with Gasteiger partial charge in [-0.2, -0.15) is 0 Å². The van der Waals surface area contributed by atoms with Crippen molar-refractivity contribution in [1.82, 2.24) is 0 Å². The first-order valence-corrected chi connectivity index (χ1v) is 5.30. The van der Waals surface area contributed by atoms with Crippen LogP contribution in [0.4, 0.5) is 0 Å². The molecule has 110 valence electrons. The van der Waals surface area contributed by atoms with E-state index in [1.807, 2.05) is 0 Å². The number of carboxylic acid groups (broad SMARTS) is 2. The first-order valence-electron chi connectivity index (χ1n) is 5.30. The number of methoxy groups -OCH3 is 4. The zero-order chi connectivity index (χ0) is 15.4. The standard InChI is InChI=1S/C12H14O8/c1-17-7-5(11(13)14)9(19-3)10(20-4)6(12(15)16)8(7)18-2/h1-4H3,(H,13,14)(H,15,16). The lowest BCUT2D eigenvalue weighted by atomic mass is 10.0. The monoisotopic (exact) mass is 286 g/mol. The highest BCUT2D eigenvalue weighted by Crippen LogP contribution is 2.48. The molecule has 0 saturated carbocycles. The maximum absolute atomic E-state index is 11.4. The first kappa shape index (κ1) is 15.4. The molecule has 8 heteroatoms. The van der Waals surface area contributed by atoms with Crippen LogP contribution < -0.4 is 18.9 Å². The number of ether oxygens (including phenoxy) is 4. The van der Waals surface area contributed by atoms with Crippen LogP contribution in [0.25, 0.3) is 0 Å². The molecule has 0 heterocycles. The molecule has 0 fully saturated rings. The quantitative estimate of drug-likeness (QED) is 0.800. The molecule has 0 atom stereocenters. The second-order valence-corrected chi connectivity index (χ2v) is 3.49. The first-order chi connectivity index (χ1) is 9.44. The Bertz CT molecular complexity index is 467. The fraction of sp³-hybridized carbons (Fsp3) is 0.333. The summed E-state index contributed by atoms with van der Waals surface area (Å²) in [5.74, 6) is -3.75. The number of rotatable bonds is 6. The van der Waals surface area contributed by atoms with Crippen LogP contribution in [-0.2, 0) is 0 Å². The van der Waals surface area contributed by atoms with Crippen molar-refractivity contribution in [2.24, 2.45) is 0 Å². The molecule has 2 N–H and O–H groups in total. The van der Waals surface area contributed by atoms with E-state index in [4.69, 9.17) is 18.9 Å². The molecule has 0 saturated heterocycles. The zero-order valence-electron chi connectivity index (χ0n) is 11.3. The molecule has 0 aliphatic rings. The molecule has 0 unspecified atom stereocenters. The summed E-state index contributed by atoms with van der Waals surface area (Å²) in [5.41, 5.74) is -0.762. The molecule has 1 aromatic rings. The third-order valence-electron chi connectivity index (χ3n) is 2.56. The van der Waals surface area contributed by atoms with Crippen LogP contribution in [0.2, 0.25) is 0 Å². The summed E-state index contributed by atoms with van der Waals surface area (Å²) in [6, 6.07) is 0. The Morgan fingerprint density at radius 1 is 0.650 bits per heavy atom. The van der Waals surface area contributed by atoms with Crippen molar-refractivity contribution in [3.8, 4) is 23.0 Å². The Hall–Kier alpha value is -2.64. The minimum Gasteiger partial charge on any atom is -0.492 e. The maximum atomic E-state index is 11.4. The SMILES string of the molecule is COc1c(OC)c(C(=O)O)c(OC)c(OC)c1C(=O)O. The van der Waals surface area contributed by atoms with E-state index in [2.05, 4.69) is 0 Å². The molecular formula is C12H14O8. The molecule has 1 rings (SSSR count). The van der Waals surface area contributed by atoms with Crippen molar-refractivity contribution in [2.75, 3.05) is 28.4 Å². The van der Waals surface area contributed by atoms with Gasteiger partial charge in [-0.3, -0.25) is 0 Å². The third-order valence-corrected chi connectivity index (χ3v) is 2.56. The van der Waals surface area contributed by atoms with E-state index in [0.29, 0.717) is 0 Å². The highest BCUT2D eigenvalue weighted by Gasteiger charge is 2.33. The number of carbonyl (C=O) groups is 2. The molecule has 0 aliphatic carbocycles. The van der Waals surface area contributed by atoms with Crippen LogP contribution in [0, 0.1) is 0 Å². The Morgan fingerprint density at radius 3 is 0.950 bits per heavy atom. The number of hydrogen-bond acceptors (Lipinski definition) is 6. The van der Waals surface area contributed by atoms with Gasteiger partial charge in [0.15, 0.2) is 34.1 Å². The lowest BCUT2D eigenvalue weighted by Gasteiger charge is -2.19. The molecule has 0 bridgehead atoms. The van der Waals surface area contributed by atoms with E-state index >= 15 is 0 Å². The third kappa shape index (κ3) is 2.27. The zero-order valence-corrected chi connectivity index (χ0v) is 11.3. The predicted molar refractivity (Wildman–Crippen MR) is 66.6 cm³/mol. The predicted octanol–water partition coefficient (Wildman–Crippen LogP) is 1.12. The lowest BCUT2D eigenvalue weighted by molar-refractivity contribution is 0.0666. The van der Waals surface area contributed by atoms with Crippen molar-refractivity contribution < 1.29 is 38.7 Å². The fourth-order valence-corrected chi connectivity index (χ4v) is 1.83. The average Bonchev–Trinajstić information content (AvgIpc) is 2.42. The molecule has 8 nitrogen and oxygen atoms in total. The van der Waals surface area contributed by atoms with Gasteiger partial charge in [0.2, 0.25) is 0 Å². The number of benzene rings is 1. The molecule has 0 spiro atoms. The van der Waals surface area contributed by atoms with Gasteiger partial charge in [0.25, 0.3) is 0 Å².